The number of guanidine groups is 1. The maximum Gasteiger partial charge on any atom is 0.193 e. The van der Waals surface area contributed by atoms with Gasteiger partial charge in [-0.05, 0) is 19.3 Å². The van der Waals surface area contributed by atoms with E-state index in [0.29, 0.717) is 12.0 Å². The number of likely N-dealkylation sites (tertiary alicyclic amines) is 1. The fourth-order valence-electron chi connectivity index (χ4n) is 3.93. The van der Waals surface area contributed by atoms with Crippen LogP contribution in [0.3, 0.4) is 0 Å². The van der Waals surface area contributed by atoms with Crippen LogP contribution in [0, 0.1) is 5.92 Å². The number of hydrogen-bond acceptors (Lipinski definition) is 4. The molecule has 1 aromatic carbocycles. The van der Waals surface area contributed by atoms with Crippen LogP contribution in [0.15, 0.2) is 59.4 Å². The highest BCUT2D eigenvalue weighted by atomic mass is 127. The Morgan fingerprint density at radius 3 is 2.87 bits per heavy atom. The van der Waals surface area contributed by atoms with Gasteiger partial charge in [0.25, 0.3) is 0 Å². The summed E-state index contributed by atoms with van der Waals surface area (Å²) in [5, 5.41) is 6.72. The summed E-state index contributed by atoms with van der Waals surface area (Å²) in [5.41, 5.74) is 2.29. The molecular weight excluding hydrogens is 519 g/mol. The first-order chi connectivity index (χ1) is 14.7. The molecule has 1 saturated heterocycles. The van der Waals surface area contributed by atoms with E-state index in [9.17, 15) is 0 Å². The Morgan fingerprint density at radius 2 is 2.13 bits per heavy atom. The standard InChI is InChI=1S/C23H30N6S.HI/c1-3-25-23(28-13-10-18(2)21(15-28)29-14-12-24-17-29)26-11-9-20-16-30-22(27-20)19-7-5-4-6-8-19;/h4-8,12,14,16-18,21H,3,9-11,13,15H2,1-2H3,(H,25,26);1H. The summed E-state index contributed by atoms with van der Waals surface area (Å²) >= 11 is 1.70. The predicted octanol–water partition coefficient (Wildman–Crippen LogP) is 4.72. The van der Waals surface area contributed by atoms with E-state index in [-0.39, 0.29) is 24.0 Å². The van der Waals surface area contributed by atoms with E-state index in [4.69, 9.17) is 9.98 Å². The Balaban J connectivity index is 0.00000272. The molecule has 1 aliphatic rings. The van der Waals surface area contributed by atoms with Crippen molar-refractivity contribution in [3.8, 4) is 10.6 Å². The van der Waals surface area contributed by atoms with Crippen molar-refractivity contribution in [1.82, 2.24) is 24.8 Å². The van der Waals surface area contributed by atoms with Crippen LogP contribution in [-0.4, -0.2) is 51.6 Å². The summed E-state index contributed by atoms with van der Waals surface area (Å²) in [6.45, 7) is 8.06. The topological polar surface area (TPSA) is 58.3 Å². The lowest BCUT2D eigenvalue weighted by Gasteiger charge is -2.39. The second kappa shape index (κ2) is 11.6. The number of hydrogen-bond donors (Lipinski definition) is 1. The predicted molar refractivity (Wildman–Crippen MR) is 139 cm³/mol. The highest BCUT2D eigenvalue weighted by Gasteiger charge is 2.28. The second-order valence-electron chi connectivity index (χ2n) is 7.78. The highest BCUT2D eigenvalue weighted by Crippen LogP contribution is 2.27. The van der Waals surface area contributed by atoms with Gasteiger partial charge in [0.1, 0.15) is 5.01 Å². The third-order valence-electron chi connectivity index (χ3n) is 5.66. The Hall–Kier alpha value is -1.94. The molecule has 2 aromatic heterocycles. The Morgan fingerprint density at radius 1 is 1.29 bits per heavy atom. The van der Waals surface area contributed by atoms with Gasteiger partial charge in [-0.1, -0.05) is 37.3 Å². The zero-order valence-corrected chi connectivity index (χ0v) is 21.3. The van der Waals surface area contributed by atoms with Crippen molar-refractivity contribution in [2.24, 2.45) is 10.9 Å². The van der Waals surface area contributed by atoms with Gasteiger partial charge in [-0.15, -0.1) is 35.3 Å². The van der Waals surface area contributed by atoms with Gasteiger partial charge >= 0.3 is 0 Å². The average Bonchev–Trinajstić information content (AvgIpc) is 3.47. The van der Waals surface area contributed by atoms with Crippen LogP contribution in [0.25, 0.3) is 10.6 Å². The van der Waals surface area contributed by atoms with Gasteiger partial charge in [-0.3, -0.25) is 4.99 Å². The fourth-order valence-corrected chi connectivity index (χ4v) is 4.79. The smallest absolute Gasteiger partial charge is 0.193 e. The molecule has 0 amide bonds. The summed E-state index contributed by atoms with van der Waals surface area (Å²) in [5.74, 6) is 1.64. The summed E-state index contributed by atoms with van der Waals surface area (Å²) < 4.78 is 2.24. The van der Waals surface area contributed by atoms with Gasteiger partial charge < -0.3 is 14.8 Å². The van der Waals surface area contributed by atoms with Gasteiger partial charge in [0.2, 0.25) is 0 Å². The fraction of sp³-hybridized carbons (Fsp3) is 0.435. The number of aromatic nitrogens is 3. The monoisotopic (exact) mass is 550 g/mol. The molecule has 1 N–H and O–H groups in total. The Labute approximate surface area is 205 Å². The van der Waals surface area contributed by atoms with Crippen LogP contribution in [0.1, 0.15) is 32.0 Å². The van der Waals surface area contributed by atoms with Gasteiger partial charge in [0.05, 0.1) is 18.1 Å². The molecule has 0 spiro atoms. The molecule has 0 radical (unpaired) electrons. The first-order valence-corrected chi connectivity index (χ1v) is 11.6. The largest absolute Gasteiger partial charge is 0.357 e. The number of rotatable bonds is 6. The molecular formula is C23H31IN6S. The third-order valence-corrected chi connectivity index (χ3v) is 6.60. The number of imidazole rings is 1. The van der Waals surface area contributed by atoms with Crippen molar-refractivity contribution in [3.05, 3.63) is 60.1 Å². The lowest BCUT2D eigenvalue weighted by atomic mass is 9.93. The minimum atomic E-state index is 0. The average molecular weight is 551 g/mol. The first kappa shape index (κ1) is 23.7. The SMILES string of the molecule is CCNC(=NCCc1csc(-c2ccccc2)n1)N1CCC(C)C(n2ccnc2)C1.I. The molecule has 4 rings (SSSR count). The van der Waals surface area contributed by atoms with Crippen LogP contribution < -0.4 is 5.32 Å². The van der Waals surface area contributed by atoms with Crippen molar-refractivity contribution < 1.29 is 0 Å². The van der Waals surface area contributed by atoms with Gasteiger partial charge in [0.15, 0.2) is 5.96 Å². The van der Waals surface area contributed by atoms with Crippen LogP contribution in [0.5, 0.6) is 0 Å². The van der Waals surface area contributed by atoms with Crippen molar-refractivity contribution in [2.75, 3.05) is 26.2 Å². The van der Waals surface area contributed by atoms with Crippen LogP contribution in [0.4, 0.5) is 0 Å². The van der Waals surface area contributed by atoms with E-state index in [2.05, 4.69) is 69.5 Å². The quantitative estimate of drug-likeness (QED) is 0.274. The number of piperidine rings is 1. The minimum Gasteiger partial charge on any atom is -0.357 e. The molecule has 1 fully saturated rings. The van der Waals surface area contributed by atoms with Gasteiger partial charge in [-0.2, -0.15) is 0 Å². The van der Waals surface area contributed by atoms with Crippen LogP contribution in [0.2, 0.25) is 0 Å². The summed E-state index contributed by atoms with van der Waals surface area (Å²) in [4.78, 5) is 16.4. The van der Waals surface area contributed by atoms with Crippen molar-refractivity contribution in [1.29, 1.82) is 0 Å². The number of nitrogens with one attached hydrogen (secondary N) is 1. The summed E-state index contributed by atoms with van der Waals surface area (Å²) in [6, 6.07) is 10.8. The van der Waals surface area contributed by atoms with Crippen LogP contribution in [-0.2, 0) is 6.42 Å². The second-order valence-corrected chi connectivity index (χ2v) is 8.64. The molecule has 8 heteroatoms. The minimum absolute atomic E-state index is 0. The normalized spacial score (nSPS) is 19.2. The third kappa shape index (κ3) is 6.06. The van der Waals surface area contributed by atoms with E-state index < -0.39 is 0 Å². The number of thiazole rings is 1. The maximum absolute atomic E-state index is 4.93. The van der Waals surface area contributed by atoms with Crippen molar-refractivity contribution in [2.45, 2.75) is 32.7 Å². The Bertz CT molecular complexity index is 940. The van der Waals surface area contributed by atoms with Gasteiger partial charge in [0, 0.05) is 55.9 Å². The molecule has 6 nitrogen and oxygen atoms in total. The number of nitrogens with zero attached hydrogens (tertiary/aromatic N) is 5. The molecule has 166 valence electrons. The number of aliphatic imine (C=N–C) groups is 1. The Kier molecular flexibility index (Phi) is 8.89. The zero-order valence-electron chi connectivity index (χ0n) is 18.1. The molecule has 0 saturated carbocycles. The summed E-state index contributed by atoms with van der Waals surface area (Å²) in [6.07, 6.45) is 7.87. The summed E-state index contributed by atoms with van der Waals surface area (Å²) in [7, 11) is 0. The van der Waals surface area contributed by atoms with E-state index in [1.54, 1.807) is 11.3 Å². The molecule has 0 aliphatic carbocycles. The van der Waals surface area contributed by atoms with Crippen LogP contribution >= 0.6 is 35.3 Å². The lowest BCUT2D eigenvalue weighted by Crippen LogP contribution is -2.49. The van der Waals surface area contributed by atoms with Gasteiger partial charge in [-0.25, -0.2) is 9.97 Å². The molecule has 3 heterocycles. The van der Waals surface area contributed by atoms with E-state index in [0.717, 1.165) is 55.7 Å². The maximum atomic E-state index is 4.93. The van der Waals surface area contributed by atoms with E-state index >= 15 is 0 Å². The molecule has 2 unspecified atom stereocenters. The molecule has 1 aliphatic heterocycles. The molecule has 2 atom stereocenters. The van der Waals surface area contributed by atoms with E-state index in [1.807, 2.05) is 18.6 Å². The zero-order chi connectivity index (χ0) is 20.8. The molecule has 0 bridgehead atoms. The number of benzene rings is 1. The lowest BCUT2D eigenvalue weighted by molar-refractivity contribution is 0.189. The number of halogens is 1. The van der Waals surface area contributed by atoms with E-state index in [1.165, 1.54) is 5.56 Å². The first-order valence-electron chi connectivity index (χ1n) is 10.7. The van der Waals surface area contributed by atoms with Crippen molar-refractivity contribution >= 4 is 41.3 Å². The molecule has 3 aromatic rings. The highest BCUT2D eigenvalue weighted by molar-refractivity contribution is 14.0. The molecule has 31 heavy (non-hydrogen) atoms. The van der Waals surface area contributed by atoms with Crippen molar-refractivity contribution in [3.63, 3.8) is 0 Å².